The molecule has 4 nitrogen and oxygen atoms in total. The number of hydrogen-bond donors (Lipinski definition) is 1. The van der Waals surface area contributed by atoms with Crippen molar-refractivity contribution in [1.29, 1.82) is 0 Å². The molecule has 1 fully saturated rings. The van der Waals surface area contributed by atoms with Gasteiger partial charge in [-0.2, -0.15) is 0 Å². The first kappa shape index (κ1) is 12.6. The molecule has 1 N–H and O–H groups in total. The maximum atomic E-state index is 9.68. The van der Waals surface area contributed by atoms with Crippen LogP contribution < -0.4 is 0 Å². The van der Waals surface area contributed by atoms with Crippen LogP contribution in [0.3, 0.4) is 0 Å². The first-order valence-electron chi connectivity index (χ1n) is 5.50. The lowest BCUT2D eigenvalue weighted by atomic mass is 10.3. The third kappa shape index (κ3) is 5.28. The molecule has 1 aliphatic rings. The minimum absolute atomic E-state index is 0.381. The van der Waals surface area contributed by atoms with Crippen molar-refractivity contribution in [3.05, 3.63) is 12.7 Å². The van der Waals surface area contributed by atoms with Gasteiger partial charge in [0.2, 0.25) is 0 Å². The van der Waals surface area contributed by atoms with Gasteiger partial charge in [-0.25, -0.2) is 0 Å². The van der Waals surface area contributed by atoms with Crippen molar-refractivity contribution in [1.82, 2.24) is 9.80 Å². The van der Waals surface area contributed by atoms with Gasteiger partial charge in [-0.15, -0.1) is 6.58 Å². The van der Waals surface area contributed by atoms with Gasteiger partial charge in [0.1, 0.15) is 0 Å². The maximum absolute atomic E-state index is 9.68. The molecule has 1 saturated heterocycles. The van der Waals surface area contributed by atoms with Gasteiger partial charge < -0.3 is 14.7 Å². The Morgan fingerprint density at radius 2 is 2.07 bits per heavy atom. The summed E-state index contributed by atoms with van der Waals surface area (Å²) in [6.07, 6.45) is 1.32. The van der Waals surface area contributed by atoms with E-state index in [2.05, 4.69) is 23.4 Å². The van der Waals surface area contributed by atoms with Crippen LogP contribution >= 0.6 is 0 Å². The lowest BCUT2D eigenvalue weighted by Gasteiger charge is -2.33. The summed E-state index contributed by atoms with van der Waals surface area (Å²) in [5.41, 5.74) is 0. The smallest absolute Gasteiger partial charge is 0.0900 e. The van der Waals surface area contributed by atoms with Crippen molar-refractivity contribution >= 4 is 0 Å². The summed E-state index contributed by atoms with van der Waals surface area (Å²) < 4.78 is 5.20. The summed E-state index contributed by atoms with van der Waals surface area (Å²) in [5.74, 6) is 0. The number of piperazine rings is 1. The third-order valence-corrected chi connectivity index (χ3v) is 2.61. The zero-order chi connectivity index (χ0) is 11.1. The molecule has 0 bridgehead atoms. The summed E-state index contributed by atoms with van der Waals surface area (Å²) in [7, 11) is 2.13. The van der Waals surface area contributed by atoms with Gasteiger partial charge in [0.05, 0.1) is 19.3 Å². The molecule has 88 valence electrons. The van der Waals surface area contributed by atoms with Crippen LogP contribution in [0, 0.1) is 0 Å². The number of nitrogens with zero attached hydrogens (tertiary/aromatic N) is 2. The molecule has 1 aliphatic heterocycles. The monoisotopic (exact) mass is 214 g/mol. The van der Waals surface area contributed by atoms with Crippen LogP contribution in [0.2, 0.25) is 0 Å². The van der Waals surface area contributed by atoms with Crippen molar-refractivity contribution in [3.63, 3.8) is 0 Å². The highest BCUT2D eigenvalue weighted by molar-refractivity contribution is 4.72. The van der Waals surface area contributed by atoms with E-state index in [-0.39, 0.29) is 6.10 Å². The molecular weight excluding hydrogens is 192 g/mol. The molecule has 0 saturated carbocycles. The Morgan fingerprint density at radius 1 is 1.40 bits per heavy atom. The highest BCUT2D eigenvalue weighted by Gasteiger charge is 2.16. The molecule has 0 aromatic rings. The van der Waals surface area contributed by atoms with Gasteiger partial charge in [0.15, 0.2) is 0 Å². The van der Waals surface area contributed by atoms with Gasteiger partial charge in [-0.05, 0) is 7.05 Å². The van der Waals surface area contributed by atoms with Crippen LogP contribution in [0.1, 0.15) is 0 Å². The number of hydrogen-bond acceptors (Lipinski definition) is 4. The molecule has 1 rings (SSSR count). The molecule has 15 heavy (non-hydrogen) atoms. The largest absolute Gasteiger partial charge is 0.389 e. The van der Waals surface area contributed by atoms with Gasteiger partial charge in [0, 0.05) is 32.7 Å². The Balaban J connectivity index is 2.09. The average molecular weight is 214 g/mol. The Morgan fingerprint density at radius 3 is 2.67 bits per heavy atom. The van der Waals surface area contributed by atoms with E-state index in [1.807, 2.05) is 0 Å². The van der Waals surface area contributed by atoms with Crippen molar-refractivity contribution in [3.8, 4) is 0 Å². The lowest BCUT2D eigenvalue weighted by molar-refractivity contribution is 0.0171. The van der Waals surface area contributed by atoms with Crippen LogP contribution in [0.25, 0.3) is 0 Å². The standard InChI is InChI=1S/C11H22N2O2/c1-3-8-15-10-11(14)9-13-6-4-12(2)5-7-13/h3,11,14H,1,4-10H2,2H3. The van der Waals surface area contributed by atoms with E-state index in [4.69, 9.17) is 4.74 Å². The molecule has 1 heterocycles. The van der Waals surface area contributed by atoms with Crippen LogP contribution in [0.15, 0.2) is 12.7 Å². The highest BCUT2D eigenvalue weighted by Crippen LogP contribution is 2.00. The van der Waals surface area contributed by atoms with E-state index < -0.39 is 0 Å². The fourth-order valence-electron chi connectivity index (χ4n) is 1.67. The molecule has 0 aliphatic carbocycles. The lowest BCUT2D eigenvalue weighted by Crippen LogP contribution is -2.47. The van der Waals surface area contributed by atoms with Crippen molar-refractivity contribution in [2.24, 2.45) is 0 Å². The summed E-state index contributed by atoms with van der Waals surface area (Å²) in [6, 6.07) is 0. The van der Waals surface area contributed by atoms with E-state index in [1.54, 1.807) is 6.08 Å². The Bertz CT molecular complexity index is 179. The van der Waals surface area contributed by atoms with E-state index in [0.717, 1.165) is 26.2 Å². The Labute approximate surface area is 92.1 Å². The summed E-state index contributed by atoms with van der Waals surface area (Å²) in [5, 5.41) is 9.68. The van der Waals surface area contributed by atoms with E-state index >= 15 is 0 Å². The van der Waals surface area contributed by atoms with Crippen LogP contribution in [-0.4, -0.2) is 74.0 Å². The second-order valence-electron chi connectivity index (χ2n) is 4.08. The van der Waals surface area contributed by atoms with Gasteiger partial charge in [-0.1, -0.05) is 6.08 Å². The first-order chi connectivity index (χ1) is 7.22. The van der Waals surface area contributed by atoms with Crippen molar-refractivity contribution in [2.45, 2.75) is 6.10 Å². The number of aliphatic hydroxyl groups is 1. The number of β-amino-alcohol motifs (C(OH)–C–C–N with tert-alkyl or cyclic N) is 1. The molecule has 0 spiro atoms. The normalized spacial score (nSPS) is 21.5. The number of ether oxygens (including phenoxy) is 1. The summed E-state index contributed by atoms with van der Waals surface area (Å²) >= 11 is 0. The Hall–Kier alpha value is -0.420. The van der Waals surface area contributed by atoms with Gasteiger partial charge in [-0.3, -0.25) is 4.90 Å². The zero-order valence-electron chi connectivity index (χ0n) is 9.56. The number of rotatable bonds is 6. The average Bonchev–Trinajstić information content (AvgIpc) is 2.22. The number of aliphatic hydroxyl groups excluding tert-OH is 1. The highest BCUT2D eigenvalue weighted by atomic mass is 16.5. The second kappa shape index (κ2) is 6.95. The molecule has 1 atom stereocenters. The van der Waals surface area contributed by atoms with Gasteiger partial charge >= 0.3 is 0 Å². The molecule has 0 radical (unpaired) electrons. The van der Waals surface area contributed by atoms with E-state index in [0.29, 0.717) is 19.8 Å². The predicted molar refractivity (Wildman–Crippen MR) is 61.0 cm³/mol. The number of likely N-dealkylation sites (N-methyl/N-ethyl adjacent to an activating group) is 1. The first-order valence-corrected chi connectivity index (χ1v) is 5.50. The molecule has 1 unspecified atom stereocenters. The van der Waals surface area contributed by atoms with Crippen LogP contribution in [0.5, 0.6) is 0 Å². The minimum atomic E-state index is -0.381. The Kier molecular flexibility index (Phi) is 5.86. The minimum Gasteiger partial charge on any atom is -0.389 e. The second-order valence-corrected chi connectivity index (χ2v) is 4.08. The fourth-order valence-corrected chi connectivity index (χ4v) is 1.67. The molecule has 0 aromatic heterocycles. The van der Waals surface area contributed by atoms with Crippen molar-refractivity contribution in [2.75, 3.05) is 53.0 Å². The van der Waals surface area contributed by atoms with Crippen LogP contribution in [-0.2, 0) is 4.74 Å². The quantitative estimate of drug-likeness (QED) is 0.490. The summed E-state index contributed by atoms with van der Waals surface area (Å²) in [6.45, 7) is 9.43. The maximum Gasteiger partial charge on any atom is 0.0900 e. The van der Waals surface area contributed by atoms with E-state index in [1.165, 1.54) is 0 Å². The molecular formula is C11H22N2O2. The zero-order valence-corrected chi connectivity index (χ0v) is 9.56. The third-order valence-electron chi connectivity index (χ3n) is 2.61. The summed E-state index contributed by atoms with van der Waals surface area (Å²) in [4.78, 5) is 4.58. The van der Waals surface area contributed by atoms with E-state index in [9.17, 15) is 5.11 Å². The molecule has 0 amide bonds. The SMILES string of the molecule is C=CCOCC(O)CN1CCN(C)CC1. The van der Waals surface area contributed by atoms with Crippen molar-refractivity contribution < 1.29 is 9.84 Å². The molecule has 4 heteroatoms. The van der Waals surface area contributed by atoms with Gasteiger partial charge in [0.25, 0.3) is 0 Å². The fraction of sp³-hybridized carbons (Fsp3) is 0.818. The topological polar surface area (TPSA) is 35.9 Å². The molecule has 0 aromatic carbocycles. The predicted octanol–water partition coefficient (Wildman–Crippen LogP) is -0.203. The van der Waals surface area contributed by atoms with Crippen LogP contribution in [0.4, 0.5) is 0 Å².